The minimum absolute atomic E-state index is 0.0288. The van der Waals surface area contributed by atoms with Crippen molar-refractivity contribution in [1.29, 1.82) is 0 Å². The Bertz CT molecular complexity index is 2720. The van der Waals surface area contributed by atoms with Gasteiger partial charge in [-0.3, -0.25) is 19.3 Å². The fourth-order valence-electron chi connectivity index (χ4n) is 9.37. The number of benzene rings is 5. The molecule has 8 rings (SSSR count). The summed E-state index contributed by atoms with van der Waals surface area (Å²) in [7, 11) is 0. The molecule has 14 nitrogen and oxygen atoms in total. The topological polar surface area (TPSA) is 203 Å². The van der Waals surface area contributed by atoms with E-state index in [9.17, 15) is 34.5 Å². The van der Waals surface area contributed by atoms with E-state index in [1.807, 2.05) is 36.4 Å². The van der Waals surface area contributed by atoms with E-state index in [2.05, 4.69) is 38.0 Å². The number of rotatable bonds is 19. The van der Waals surface area contributed by atoms with Crippen LogP contribution in [0.15, 0.2) is 138 Å². The fourth-order valence-corrected chi connectivity index (χ4v) is 9.37. The molecule has 0 radical (unpaired) electrons. The lowest BCUT2D eigenvalue weighted by Crippen LogP contribution is -2.44. The van der Waals surface area contributed by atoms with Gasteiger partial charge in [0.2, 0.25) is 11.2 Å². The predicted molar refractivity (Wildman–Crippen MR) is 263 cm³/mol. The molecule has 2 heterocycles. The fraction of sp³-hybridized carbons (Fsp3) is 0.345. The number of nitrogens with zero attached hydrogens (tertiary/aromatic N) is 1. The summed E-state index contributed by atoms with van der Waals surface area (Å²) < 4.78 is 11.8. The van der Waals surface area contributed by atoms with E-state index >= 15 is 0 Å². The van der Waals surface area contributed by atoms with Gasteiger partial charge in [-0.15, -0.1) is 0 Å². The monoisotopic (exact) mass is 935 g/mol. The maximum atomic E-state index is 13.9. The molecular formula is C55H61N5O9. The Balaban J connectivity index is 0.750. The summed E-state index contributed by atoms with van der Waals surface area (Å²) in [6, 6.07) is 39.1. The number of esters is 1. The smallest absolute Gasteiger partial charge is 0.347 e. The second-order valence-corrected chi connectivity index (χ2v) is 18.2. The number of aliphatic hydroxyl groups is 2. The summed E-state index contributed by atoms with van der Waals surface area (Å²) in [6.07, 6.45) is 4.38. The van der Waals surface area contributed by atoms with Gasteiger partial charge < -0.3 is 45.7 Å². The van der Waals surface area contributed by atoms with Gasteiger partial charge >= 0.3 is 5.97 Å². The second-order valence-electron chi connectivity index (χ2n) is 18.2. The molecule has 69 heavy (non-hydrogen) atoms. The number of phenolic OH excluding ortho intramolecular Hbond substituents is 1. The number of hydrogen-bond donors (Lipinski definition) is 7. The van der Waals surface area contributed by atoms with Gasteiger partial charge in [0, 0.05) is 47.8 Å². The van der Waals surface area contributed by atoms with Gasteiger partial charge in [0.15, 0.2) is 6.61 Å². The van der Waals surface area contributed by atoms with Crippen LogP contribution in [0, 0.1) is 5.92 Å². The Morgan fingerprint density at radius 3 is 2.16 bits per heavy atom. The molecule has 0 bridgehead atoms. The first-order chi connectivity index (χ1) is 33.5. The summed E-state index contributed by atoms with van der Waals surface area (Å²) in [6.45, 7) is 3.49. The number of fused-ring (bicyclic) bond motifs is 1. The number of ether oxygens (including phenoxy) is 2. The van der Waals surface area contributed by atoms with Crippen molar-refractivity contribution in [2.75, 3.05) is 39.4 Å². The van der Waals surface area contributed by atoms with Gasteiger partial charge in [0.1, 0.15) is 11.5 Å². The summed E-state index contributed by atoms with van der Waals surface area (Å²) in [5.41, 5.74) is 1.95. The first-order valence-corrected chi connectivity index (χ1v) is 23.9. The van der Waals surface area contributed by atoms with Crippen LogP contribution in [0.25, 0.3) is 10.9 Å². The number of aromatic nitrogens is 1. The van der Waals surface area contributed by atoms with Crippen LogP contribution in [0.3, 0.4) is 0 Å². The molecule has 2 atom stereocenters. The highest BCUT2D eigenvalue weighted by atomic mass is 16.5. The minimum atomic E-state index is -2.10. The van der Waals surface area contributed by atoms with E-state index in [0.717, 1.165) is 38.0 Å². The van der Waals surface area contributed by atoms with Gasteiger partial charge in [-0.05, 0) is 129 Å². The Morgan fingerprint density at radius 1 is 0.754 bits per heavy atom. The highest BCUT2D eigenvalue weighted by Gasteiger charge is 2.42. The number of likely N-dealkylation sites (tertiary alicyclic amines) is 1. The van der Waals surface area contributed by atoms with Crippen LogP contribution in [0.5, 0.6) is 11.5 Å². The minimum Gasteiger partial charge on any atom is -0.506 e. The lowest BCUT2D eigenvalue weighted by atomic mass is 9.86. The molecule has 1 aromatic heterocycles. The van der Waals surface area contributed by atoms with E-state index < -0.39 is 17.7 Å². The number of hydrogen-bond acceptors (Lipinski definition) is 11. The lowest BCUT2D eigenvalue weighted by molar-refractivity contribution is -0.164. The van der Waals surface area contributed by atoms with E-state index in [0.29, 0.717) is 66.5 Å². The molecule has 360 valence electrons. The molecule has 1 aliphatic heterocycles. The molecule has 2 amide bonds. The van der Waals surface area contributed by atoms with Crippen LogP contribution in [0.4, 0.5) is 0 Å². The van der Waals surface area contributed by atoms with Crippen molar-refractivity contribution in [3.05, 3.63) is 177 Å². The van der Waals surface area contributed by atoms with Crippen molar-refractivity contribution in [1.82, 2.24) is 25.8 Å². The molecule has 5 aromatic carbocycles. The van der Waals surface area contributed by atoms with Crippen molar-refractivity contribution in [3.8, 4) is 11.5 Å². The van der Waals surface area contributed by atoms with Crippen molar-refractivity contribution < 1.29 is 39.2 Å². The number of carbonyl (C=O) groups is 3. The second kappa shape index (κ2) is 23.0. The maximum absolute atomic E-state index is 13.9. The molecule has 1 aliphatic carbocycles. The number of phenols is 1. The van der Waals surface area contributed by atoms with Crippen LogP contribution >= 0.6 is 0 Å². The Morgan fingerprint density at radius 2 is 1.43 bits per heavy atom. The summed E-state index contributed by atoms with van der Waals surface area (Å²) in [4.78, 5) is 56.9. The van der Waals surface area contributed by atoms with E-state index in [-0.39, 0.29) is 72.0 Å². The third-order valence-electron chi connectivity index (χ3n) is 13.4. The summed E-state index contributed by atoms with van der Waals surface area (Å²) in [5.74, 6) is -0.770. The van der Waals surface area contributed by atoms with Gasteiger partial charge in [-0.1, -0.05) is 91.0 Å². The quantitative estimate of drug-likeness (QED) is 0.0370. The number of aromatic amines is 1. The van der Waals surface area contributed by atoms with E-state index in [1.54, 1.807) is 72.8 Å². The zero-order chi connectivity index (χ0) is 48.2. The molecule has 1 unspecified atom stereocenters. The largest absolute Gasteiger partial charge is 0.506 e. The van der Waals surface area contributed by atoms with Crippen LogP contribution < -0.4 is 26.2 Å². The average Bonchev–Trinajstić information content (AvgIpc) is 3.38. The van der Waals surface area contributed by atoms with E-state index in [1.165, 1.54) is 17.7 Å². The number of pyridine rings is 1. The SMILES string of the molecule is O=C(COc1cccc(C(O)(C(=O)OCC2CCN(Cc3ccccc3)CC2)c2ccccc2)c1)N[C@H]1CC[C@H](NC(=O)c2ccc(CCNC[C@H](O)c3ccc(O)c4[nH]c(=O)ccc34)cc2)CC1. The van der Waals surface area contributed by atoms with Crippen LogP contribution in [-0.2, 0) is 32.9 Å². The first kappa shape index (κ1) is 48.6. The Kier molecular flexibility index (Phi) is 16.2. The van der Waals surface area contributed by atoms with Gasteiger partial charge in [0.05, 0.1) is 18.2 Å². The number of amides is 2. The molecule has 2 fully saturated rings. The normalized spacial score (nSPS) is 17.9. The Labute approximate surface area is 401 Å². The van der Waals surface area contributed by atoms with Crippen molar-refractivity contribution in [2.45, 2.75) is 75.3 Å². The van der Waals surface area contributed by atoms with Crippen LogP contribution in [0.1, 0.15) is 82.8 Å². The number of H-pyrrole nitrogens is 1. The number of aliphatic hydroxyl groups excluding tert-OH is 1. The maximum Gasteiger partial charge on any atom is 0.347 e. The van der Waals surface area contributed by atoms with Gasteiger partial charge in [-0.25, -0.2) is 4.79 Å². The molecule has 14 heteroatoms. The number of piperidine rings is 1. The molecule has 1 saturated heterocycles. The highest BCUT2D eigenvalue weighted by Crippen LogP contribution is 2.34. The van der Waals surface area contributed by atoms with Crippen molar-refractivity contribution >= 4 is 28.7 Å². The first-order valence-electron chi connectivity index (χ1n) is 23.9. The zero-order valence-corrected chi connectivity index (χ0v) is 38.6. The Hall–Kier alpha value is -6.84. The molecular weight excluding hydrogens is 875 g/mol. The average molecular weight is 936 g/mol. The van der Waals surface area contributed by atoms with Crippen LogP contribution in [-0.4, -0.2) is 94.5 Å². The van der Waals surface area contributed by atoms with Gasteiger partial charge in [-0.2, -0.15) is 0 Å². The molecule has 1 saturated carbocycles. The standard InChI is InChI=1S/C55H61N5O9/c61-48-24-22-46(47-23-25-50(63)59-52(47)48)49(62)33-56-29-26-37-14-16-40(17-15-37)53(65)58-44-20-18-43(19-21-44)57-51(64)36-68-45-13-7-12-42(32-45)55(67,41-10-5-2-6-11-41)54(66)69-35-39-27-30-60(31-28-39)34-38-8-3-1-4-9-38/h1-17,22-25,32,39,43-44,49,56,61-62,67H,18-21,26-31,33-36H2,(H,57,64)(H,58,65)(H,59,63)/t43-,44-,49-,55?/m0/s1. The van der Waals surface area contributed by atoms with E-state index in [4.69, 9.17) is 9.47 Å². The summed E-state index contributed by atoms with van der Waals surface area (Å²) >= 11 is 0. The summed E-state index contributed by atoms with van der Waals surface area (Å²) in [5, 5.41) is 43.2. The molecule has 7 N–H and O–H groups in total. The molecule has 6 aromatic rings. The number of carbonyl (C=O) groups excluding carboxylic acids is 3. The zero-order valence-electron chi connectivity index (χ0n) is 38.6. The number of aromatic hydroxyl groups is 1. The number of nitrogens with one attached hydrogen (secondary N) is 4. The predicted octanol–water partition coefficient (Wildman–Crippen LogP) is 6.03. The molecule has 2 aliphatic rings. The van der Waals surface area contributed by atoms with Crippen molar-refractivity contribution in [2.24, 2.45) is 5.92 Å². The molecule has 0 spiro atoms. The third-order valence-corrected chi connectivity index (χ3v) is 13.4. The third kappa shape index (κ3) is 12.6. The van der Waals surface area contributed by atoms with Crippen molar-refractivity contribution in [3.63, 3.8) is 0 Å². The lowest BCUT2D eigenvalue weighted by Gasteiger charge is -2.33. The van der Waals surface area contributed by atoms with Crippen LogP contribution in [0.2, 0.25) is 0 Å². The highest BCUT2D eigenvalue weighted by molar-refractivity contribution is 5.94. The van der Waals surface area contributed by atoms with Gasteiger partial charge in [0.25, 0.3) is 11.8 Å².